The Labute approximate surface area is 119 Å². The molecule has 1 aliphatic rings. The lowest BCUT2D eigenvalue weighted by molar-refractivity contribution is -0.122. The Balaban J connectivity index is 1.79. The molecule has 1 atom stereocenters. The Morgan fingerprint density at radius 1 is 1.35 bits per heavy atom. The van der Waals surface area contributed by atoms with Crippen LogP contribution in [0.3, 0.4) is 0 Å². The molecule has 2 rings (SSSR count). The van der Waals surface area contributed by atoms with Crippen molar-refractivity contribution in [2.75, 3.05) is 6.54 Å². The quantitative estimate of drug-likeness (QED) is 0.835. The van der Waals surface area contributed by atoms with Crippen LogP contribution in [0.4, 0.5) is 0 Å². The van der Waals surface area contributed by atoms with Gasteiger partial charge in [0.05, 0.1) is 6.26 Å². The minimum atomic E-state index is -0.574. The van der Waals surface area contributed by atoms with Crippen molar-refractivity contribution in [1.29, 1.82) is 0 Å². The molecule has 20 heavy (non-hydrogen) atoms. The third kappa shape index (κ3) is 3.21. The second-order valence-electron chi connectivity index (χ2n) is 5.91. The second-order valence-corrected chi connectivity index (χ2v) is 5.91. The van der Waals surface area contributed by atoms with Crippen molar-refractivity contribution < 1.29 is 14.0 Å². The number of hydrogen-bond acceptors (Lipinski definition) is 3. The zero-order valence-corrected chi connectivity index (χ0v) is 12.2. The molecule has 1 aliphatic carbocycles. The highest BCUT2D eigenvalue weighted by molar-refractivity contribution is 5.95. The third-order valence-electron chi connectivity index (χ3n) is 4.22. The Kier molecular flexibility index (Phi) is 4.16. The number of hydrogen-bond donors (Lipinski definition) is 2. The van der Waals surface area contributed by atoms with E-state index >= 15 is 0 Å². The van der Waals surface area contributed by atoms with Crippen LogP contribution in [0, 0.1) is 11.3 Å². The lowest BCUT2D eigenvalue weighted by Crippen LogP contribution is -2.46. The second kappa shape index (κ2) is 5.69. The van der Waals surface area contributed by atoms with E-state index in [1.54, 1.807) is 19.1 Å². The van der Waals surface area contributed by atoms with Gasteiger partial charge in [0, 0.05) is 6.54 Å². The number of carbonyl (C=O) groups is 2. The summed E-state index contributed by atoms with van der Waals surface area (Å²) < 4.78 is 4.99. The summed E-state index contributed by atoms with van der Waals surface area (Å²) in [7, 11) is 0. The van der Waals surface area contributed by atoms with Gasteiger partial charge in [-0.25, -0.2) is 0 Å². The van der Waals surface area contributed by atoms with Gasteiger partial charge in [-0.3, -0.25) is 9.59 Å². The van der Waals surface area contributed by atoms with Gasteiger partial charge in [-0.05, 0) is 43.2 Å². The van der Waals surface area contributed by atoms with Crippen LogP contribution in [-0.4, -0.2) is 24.4 Å². The smallest absolute Gasteiger partial charge is 0.287 e. The molecule has 0 saturated heterocycles. The van der Waals surface area contributed by atoms with E-state index in [9.17, 15) is 9.59 Å². The molecule has 2 N–H and O–H groups in total. The van der Waals surface area contributed by atoms with Gasteiger partial charge in [0.1, 0.15) is 6.04 Å². The number of rotatable bonds is 6. The number of amides is 2. The summed E-state index contributed by atoms with van der Waals surface area (Å²) in [6, 6.07) is 2.63. The van der Waals surface area contributed by atoms with E-state index in [0.29, 0.717) is 12.5 Å². The minimum Gasteiger partial charge on any atom is -0.459 e. The van der Waals surface area contributed by atoms with Crippen molar-refractivity contribution in [2.45, 2.75) is 39.7 Å². The molecule has 0 bridgehead atoms. The molecular formula is C15H22N2O3. The fraction of sp³-hybridized carbons (Fsp3) is 0.600. The van der Waals surface area contributed by atoms with E-state index in [1.807, 2.05) is 0 Å². The molecular weight excluding hydrogens is 256 g/mol. The molecule has 110 valence electrons. The highest BCUT2D eigenvalue weighted by Gasteiger charge is 2.45. The monoisotopic (exact) mass is 278 g/mol. The van der Waals surface area contributed by atoms with Gasteiger partial charge >= 0.3 is 0 Å². The molecule has 1 aromatic rings. The first kappa shape index (κ1) is 14.6. The van der Waals surface area contributed by atoms with E-state index in [4.69, 9.17) is 4.42 Å². The highest BCUT2D eigenvalue weighted by Crippen LogP contribution is 2.51. The lowest BCUT2D eigenvalue weighted by Gasteiger charge is -2.21. The Hall–Kier alpha value is -1.78. The predicted molar refractivity (Wildman–Crippen MR) is 75.2 cm³/mol. The van der Waals surface area contributed by atoms with Crippen molar-refractivity contribution in [1.82, 2.24) is 10.6 Å². The van der Waals surface area contributed by atoms with Gasteiger partial charge in [0.15, 0.2) is 5.76 Å². The molecule has 0 aromatic carbocycles. The summed E-state index contributed by atoms with van der Waals surface area (Å²) in [6.45, 7) is 6.72. The molecule has 1 unspecified atom stereocenters. The molecule has 1 aromatic heterocycles. The van der Waals surface area contributed by atoms with E-state index in [2.05, 4.69) is 24.5 Å². The van der Waals surface area contributed by atoms with E-state index in [0.717, 1.165) is 12.8 Å². The van der Waals surface area contributed by atoms with Crippen LogP contribution in [0.15, 0.2) is 22.8 Å². The zero-order chi connectivity index (χ0) is 14.8. The molecule has 2 amide bonds. The van der Waals surface area contributed by atoms with Gasteiger partial charge in [-0.1, -0.05) is 13.8 Å². The Morgan fingerprint density at radius 2 is 2.05 bits per heavy atom. The maximum Gasteiger partial charge on any atom is 0.287 e. The van der Waals surface area contributed by atoms with Gasteiger partial charge in [0.2, 0.25) is 5.91 Å². The van der Waals surface area contributed by atoms with Crippen molar-refractivity contribution in [3.05, 3.63) is 24.2 Å². The zero-order valence-electron chi connectivity index (χ0n) is 12.2. The van der Waals surface area contributed by atoms with Crippen LogP contribution < -0.4 is 10.6 Å². The van der Waals surface area contributed by atoms with Crippen LogP contribution >= 0.6 is 0 Å². The van der Waals surface area contributed by atoms with Gasteiger partial charge < -0.3 is 15.1 Å². The van der Waals surface area contributed by atoms with Crippen molar-refractivity contribution in [3.63, 3.8) is 0 Å². The first-order chi connectivity index (χ1) is 9.44. The normalized spacial score (nSPS) is 17.6. The van der Waals surface area contributed by atoms with Gasteiger partial charge in [-0.2, -0.15) is 0 Å². The third-order valence-corrected chi connectivity index (χ3v) is 4.22. The fourth-order valence-corrected chi connectivity index (χ4v) is 2.28. The Morgan fingerprint density at radius 3 is 2.55 bits per heavy atom. The molecule has 1 saturated carbocycles. The van der Waals surface area contributed by atoms with Gasteiger partial charge in [0.25, 0.3) is 5.91 Å². The molecule has 0 spiro atoms. The topological polar surface area (TPSA) is 71.3 Å². The van der Waals surface area contributed by atoms with Crippen molar-refractivity contribution >= 4 is 11.8 Å². The average Bonchev–Trinajstić information content (AvgIpc) is 3.00. The minimum absolute atomic E-state index is 0.156. The van der Waals surface area contributed by atoms with E-state index in [-0.39, 0.29) is 23.0 Å². The average molecular weight is 278 g/mol. The molecule has 5 heteroatoms. The van der Waals surface area contributed by atoms with E-state index in [1.165, 1.54) is 6.26 Å². The SMILES string of the molecule is CC(NC(=O)c1ccco1)C(=O)NCC1(C(C)C)CC1. The standard InChI is InChI=1S/C15H22N2O3/c1-10(2)15(6-7-15)9-16-13(18)11(3)17-14(19)12-5-4-8-20-12/h4-5,8,10-11H,6-7,9H2,1-3H3,(H,16,18)(H,17,19). The summed E-state index contributed by atoms with van der Waals surface area (Å²) in [5.74, 6) is 0.251. The molecule has 0 radical (unpaired) electrons. The predicted octanol–water partition coefficient (Wildman–Crippen LogP) is 1.95. The number of carbonyl (C=O) groups excluding carboxylic acids is 2. The van der Waals surface area contributed by atoms with Gasteiger partial charge in [-0.15, -0.1) is 0 Å². The van der Waals surface area contributed by atoms with E-state index < -0.39 is 6.04 Å². The molecule has 0 aliphatic heterocycles. The summed E-state index contributed by atoms with van der Waals surface area (Å²) in [6.07, 6.45) is 3.76. The van der Waals surface area contributed by atoms with Crippen LogP contribution in [0.25, 0.3) is 0 Å². The maximum absolute atomic E-state index is 12.0. The number of furan rings is 1. The summed E-state index contributed by atoms with van der Waals surface area (Å²) in [4.78, 5) is 23.7. The molecule has 1 heterocycles. The lowest BCUT2D eigenvalue weighted by atomic mass is 9.92. The Bertz CT molecular complexity index is 475. The summed E-state index contributed by atoms with van der Waals surface area (Å²) in [5.41, 5.74) is 0.264. The summed E-state index contributed by atoms with van der Waals surface area (Å²) in [5, 5.41) is 5.56. The number of nitrogens with one attached hydrogen (secondary N) is 2. The van der Waals surface area contributed by atoms with Crippen molar-refractivity contribution in [2.24, 2.45) is 11.3 Å². The van der Waals surface area contributed by atoms with Crippen molar-refractivity contribution in [3.8, 4) is 0 Å². The van der Waals surface area contributed by atoms with Crippen LogP contribution in [0.5, 0.6) is 0 Å². The maximum atomic E-state index is 12.0. The molecule has 1 fully saturated rings. The highest BCUT2D eigenvalue weighted by atomic mass is 16.3. The first-order valence-electron chi connectivity index (χ1n) is 7.07. The van der Waals surface area contributed by atoms with Crippen LogP contribution in [0.2, 0.25) is 0 Å². The molecule has 5 nitrogen and oxygen atoms in total. The van der Waals surface area contributed by atoms with Crippen LogP contribution in [0.1, 0.15) is 44.2 Å². The summed E-state index contributed by atoms with van der Waals surface area (Å²) >= 11 is 0. The largest absolute Gasteiger partial charge is 0.459 e. The first-order valence-corrected chi connectivity index (χ1v) is 7.07. The van der Waals surface area contributed by atoms with Crippen LogP contribution in [-0.2, 0) is 4.79 Å². The fourth-order valence-electron chi connectivity index (χ4n) is 2.28.